The molecule has 3 rings (SSSR count). The van der Waals surface area contributed by atoms with Crippen molar-refractivity contribution in [1.82, 2.24) is 4.90 Å². The Morgan fingerprint density at radius 2 is 2.18 bits per heavy atom. The number of piperidine rings is 1. The highest BCUT2D eigenvalue weighted by Gasteiger charge is 2.33. The average Bonchev–Trinajstić information content (AvgIpc) is 3.05. The monoisotopic (exact) mass is 319 g/mol. The maximum Gasteiger partial charge on any atom is 0.315 e. The first-order valence-corrected chi connectivity index (χ1v) is 9.21. The summed E-state index contributed by atoms with van der Waals surface area (Å²) in [5.41, 5.74) is 0. The molecule has 3 nitrogen and oxygen atoms in total. The molecule has 1 aromatic rings. The predicted molar refractivity (Wildman–Crippen MR) is 90.2 cm³/mol. The van der Waals surface area contributed by atoms with Gasteiger partial charge in [0, 0.05) is 18.0 Å². The number of carbonyl (C=O) groups excluding carboxylic acids is 1. The minimum absolute atomic E-state index is 0.0199. The Hall–Kier alpha value is -1.13. The summed E-state index contributed by atoms with van der Waals surface area (Å²) in [5, 5.41) is 2.05. The summed E-state index contributed by atoms with van der Waals surface area (Å²) in [6.45, 7) is 2.04. The second-order valence-corrected chi connectivity index (χ2v) is 7.43. The Kier molecular flexibility index (Phi) is 5.32. The molecular formula is C18H25NO2S. The molecule has 1 aromatic heterocycles. The minimum atomic E-state index is -0.115. The van der Waals surface area contributed by atoms with Gasteiger partial charge in [-0.2, -0.15) is 0 Å². The van der Waals surface area contributed by atoms with Crippen molar-refractivity contribution in [3.05, 3.63) is 34.5 Å². The van der Waals surface area contributed by atoms with Crippen LogP contribution in [0.2, 0.25) is 0 Å². The van der Waals surface area contributed by atoms with Crippen LogP contribution in [0.15, 0.2) is 29.7 Å². The molecule has 0 amide bonds. The molecule has 0 radical (unpaired) electrons. The number of thiophene rings is 1. The third-order valence-electron chi connectivity index (χ3n) is 4.77. The molecule has 120 valence electrons. The van der Waals surface area contributed by atoms with Gasteiger partial charge < -0.3 is 9.64 Å². The van der Waals surface area contributed by atoms with Gasteiger partial charge in [0.2, 0.25) is 0 Å². The summed E-state index contributed by atoms with van der Waals surface area (Å²) < 4.78 is 5.89. The van der Waals surface area contributed by atoms with E-state index in [1.54, 1.807) is 11.3 Å². The lowest BCUT2D eigenvalue weighted by atomic mass is 9.83. The maximum atomic E-state index is 12.8. The highest BCUT2D eigenvalue weighted by Crippen LogP contribution is 2.36. The molecule has 2 heterocycles. The van der Waals surface area contributed by atoms with E-state index in [0.717, 1.165) is 43.6 Å². The summed E-state index contributed by atoms with van der Waals surface area (Å²) in [4.78, 5) is 16.3. The fraction of sp³-hybridized carbons (Fsp3) is 0.611. The van der Waals surface area contributed by atoms with Gasteiger partial charge in [-0.25, -0.2) is 0 Å². The van der Waals surface area contributed by atoms with E-state index in [-0.39, 0.29) is 18.0 Å². The van der Waals surface area contributed by atoms with E-state index in [0.29, 0.717) is 5.92 Å². The standard InChI is InChI=1S/C18H25NO2S/c1-19-11-9-15(10-12-19)21-18(20)17(16-8-5-13-22-16)14-6-3-2-4-7-14/h3,5-6,8,13-15,17H,2,4,7,9-12H2,1H3/t14-,17+/m0/s1. The van der Waals surface area contributed by atoms with Crippen LogP contribution in [0.25, 0.3) is 0 Å². The first-order chi connectivity index (χ1) is 10.7. The Morgan fingerprint density at radius 3 is 2.82 bits per heavy atom. The molecule has 0 saturated carbocycles. The van der Waals surface area contributed by atoms with E-state index in [2.05, 4.69) is 35.5 Å². The van der Waals surface area contributed by atoms with Crippen LogP contribution < -0.4 is 0 Å². The van der Waals surface area contributed by atoms with Crippen molar-refractivity contribution in [2.24, 2.45) is 5.92 Å². The third-order valence-corrected chi connectivity index (χ3v) is 5.73. The van der Waals surface area contributed by atoms with E-state index >= 15 is 0 Å². The lowest BCUT2D eigenvalue weighted by Gasteiger charge is -2.31. The number of likely N-dealkylation sites (tertiary alicyclic amines) is 1. The number of carbonyl (C=O) groups is 1. The Balaban J connectivity index is 1.70. The number of nitrogens with zero attached hydrogens (tertiary/aromatic N) is 1. The number of hydrogen-bond donors (Lipinski definition) is 0. The molecule has 1 aliphatic carbocycles. The Bertz CT molecular complexity index is 503. The van der Waals surface area contributed by atoms with E-state index < -0.39 is 0 Å². The van der Waals surface area contributed by atoms with Crippen molar-refractivity contribution < 1.29 is 9.53 Å². The fourth-order valence-electron chi connectivity index (χ4n) is 3.43. The second-order valence-electron chi connectivity index (χ2n) is 6.46. The average molecular weight is 319 g/mol. The van der Waals surface area contributed by atoms with Gasteiger partial charge in [0.25, 0.3) is 0 Å². The van der Waals surface area contributed by atoms with Crippen LogP contribution in [0.5, 0.6) is 0 Å². The summed E-state index contributed by atoms with van der Waals surface area (Å²) in [5.74, 6) is 0.163. The van der Waals surface area contributed by atoms with Gasteiger partial charge in [0.1, 0.15) is 6.10 Å². The molecule has 2 aliphatic rings. The first-order valence-electron chi connectivity index (χ1n) is 8.33. The van der Waals surface area contributed by atoms with Crippen molar-refractivity contribution in [3.8, 4) is 0 Å². The number of allylic oxidation sites excluding steroid dienone is 2. The van der Waals surface area contributed by atoms with Crippen LogP contribution in [0.1, 0.15) is 42.9 Å². The zero-order chi connectivity index (χ0) is 15.4. The van der Waals surface area contributed by atoms with Crippen molar-refractivity contribution in [2.75, 3.05) is 20.1 Å². The molecule has 1 saturated heterocycles. The zero-order valence-electron chi connectivity index (χ0n) is 13.2. The van der Waals surface area contributed by atoms with Crippen LogP contribution in [0.4, 0.5) is 0 Å². The normalized spacial score (nSPS) is 25.0. The van der Waals surface area contributed by atoms with Crippen LogP contribution in [0.3, 0.4) is 0 Å². The molecule has 2 atom stereocenters. The Morgan fingerprint density at radius 1 is 1.36 bits per heavy atom. The quantitative estimate of drug-likeness (QED) is 0.624. The highest BCUT2D eigenvalue weighted by molar-refractivity contribution is 7.10. The van der Waals surface area contributed by atoms with Gasteiger partial charge in [-0.1, -0.05) is 18.2 Å². The molecule has 0 unspecified atom stereocenters. The largest absolute Gasteiger partial charge is 0.462 e. The van der Waals surface area contributed by atoms with Crippen molar-refractivity contribution in [3.63, 3.8) is 0 Å². The second kappa shape index (κ2) is 7.42. The molecule has 0 spiro atoms. The lowest BCUT2D eigenvalue weighted by molar-refractivity contribution is -0.154. The van der Waals surface area contributed by atoms with E-state index in [4.69, 9.17) is 4.74 Å². The molecule has 1 aliphatic heterocycles. The number of esters is 1. The topological polar surface area (TPSA) is 29.5 Å². The number of hydrogen-bond acceptors (Lipinski definition) is 4. The van der Waals surface area contributed by atoms with E-state index in [1.165, 1.54) is 6.42 Å². The van der Waals surface area contributed by atoms with Crippen LogP contribution >= 0.6 is 11.3 Å². The highest BCUT2D eigenvalue weighted by atomic mass is 32.1. The van der Waals surface area contributed by atoms with Gasteiger partial charge in [0.05, 0.1) is 5.92 Å². The van der Waals surface area contributed by atoms with Crippen molar-refractivity contribution >= 4 is 17.3 Å². The number of ether oxygens (including phenoxy) is 1. The molecule has 4 heteroatoms. The van der Waals surface area contributed by atoms with Crippen LogP contribution in [-0.2, 0) is 9.53 Å². The molecular weight excluding hydrogens is 294 g/mol. The van der Waals surface area contributed by atoms with Gasteiger partial charge >= 0.3 is 5.97 Å². The molecule has 0 bridgehead atoms. The molecule has 0 N–H and O–H groups in total. The fourth-order valence-corrected chi connectivity index (χ4v) is 4.32. The molecule has 1 fully saturated rings. The molecule has 22 heavy (non-hydrogen) atoms. The van der Waals surface area contributed by atoms with Crippen LogP contribution in [0, 0.1) is 5.92 Å². The van der Waals surface area contributed by atoms with Crippen molar-refractivity contribution in [1.29, 1.82) is 0 Å². The number of rotatable bonds is 4. The summed E-state index contributed by atoms with van der Waals surface area (Å²) >= 11 is 1.67. The summed E-state index contributed by atoms with van der Waals surface area (Å²) in [7, 11) is 2.12. The van der Waals surface area contributed by atoms with E-state index in [1.807, 2.05) is 6.07 Å². The first kappa shape index (κ1) is 15.8. The van der Waals surface area contributed by atoms with Gasteiger partial charge in [0.15, 0.2) is 0 Å². The van der Waals surface area contributed by atoms with Gasteiger partial charge in [-0.15, -0.1) is 11.3 Å². The maximum absolute atomic E-state index is 12.8. The summed E-state index contributed by atoms with van der Waals surface area (Å²) in [6, 6.07) is 4.11. The van der Waals surface area contributed by atoms with Gasteiger partial charge in [-0.3, -0.25) is 4.79 Å². The smallest absolute Gasteiger partial charge is 0.315 e. The summed E-state index contributed by atoms with van der Waals surface area (Å²) in [6.07, 6.45) is 9.85. The van der Waals surface area contributed by atoms with Gasteiger partial charge in [-0.05, 0) is 56.5 Å². The van der Waals surface area contributed by atoms with E-state index in [9.17, 15) is 4.79 Å². The predicted octanol–water partition coefficient (Wildman–Crippen LogP) is 3.83. The third kappa shape index (κ3) is 3.79. The minimum Gasteiger partial charge on any atom is -0.462 e. The van der Waals surface area contributed by atoms with Crippen molar-refractivity contribution in [2.45, 2.75) is 44.1 Å². The van der Waals surface area contributed by atoms with Crippen LogP contribution in [-0.4, -0.2) is 37.1 Å². The zero-order valence-corrected chi connectivity index (χ0v) is 14.1. The lowest BCUT2D eigenvalue weighted by Crippen LogP contribution is -2.36. The Labute approximate surface area is 137 Å². The molecule has 0 aromatic carbocycles. The SMILES string of the molecule is CN1CCC(OC(=O)[C@@H](c2cccs2)[C@H]2C=CCCC2)CC1.